The van der Waals surface area contributed by atoms with Gasteiger partial charge in [0.25, 0.3) is 5.56 Å². The van der Waals surface area contributed by atoms with Crippen LogP contribution in [0, 0.1) is 6.92 Å². The van der Waals surface area contributed by atoms with Crippen molar-refractivity contribution in [2.45, 2.75) is 26.4 Å². The maximum Gasteiger partial charge on any atom is 0.259 e. The van der Waals surface area contributed by atoms with Gasteiger partial charge in [0.05, 0.1) is 11.6 Å². The summed E-state index contributed by atoms with van der Waals surface area (Å²) in [6, 6.07) is 14.8. The van der Waals surface area contributed by atoms with Crippen LogP contribution in [0.3, 0.4) is 0 Å². The predicted molar refractivity (Wildman–Crippen MR) is 124 cm³/mol. The van der Waals surface area contributed by atoms with Crippen molar-refractivity contribution in [3.63, 3.8) is 0 Å². The third-order valence-corrected chi connectivity index (χ3v) is 6.20. The van der Waals surface area contributed by atoms with Gasteiger partial charge in [-0.1, -0.05) is 29.8 Å². The van der Waals surface area contributed by atoms with Gasteiger partial charge in [-0.15, -0.1) is 0 Å². The van der Waals surface area contributed by atoms with E-state index in [-0.39, 0.29) is 17.4 Å². The first kappa shape index (κ1) is 21.4. The Labute approximate surface area is 187 Å². The molecule has 6 nitrogen and oxygen atoms in total. The molecule has 162 valence electrons. The maximum atomic E-state index is 13.4. The number of halogens is 1. The van der Waals surface area contributed by atoms with Crippen molar-refractivity contribution < 1.29 is 5.11 Å². The van der Waals surface area contributed by atoms with Crippen molar-refractivity contribution in [2.75, 3.05) is 31.1 Å². The molecule has 3 aromatic rings. The Kier molecular flexibility index (Phi) is 6.30. The molecule has 4 rings (SSSR count). The molecule has 1 fully saturated rings. The number of pyridine rings is 2. The fourth-order valence-corrected chi connectivity index (χ4v) is 4.50. The lowest BCUT2D eigenvalue weighted by Crippen LogP contribution is -2.49. The van der Waals surface area contributed by atoms with Gasteiger partial charge in [0.1, 0.15) is 11.6 Å². The topological polar surface area (TPSA) is 61.6 Å². The molecule has 1 atom stereocenters. The lowest BCUT2D eigenvalue weighted by atomic mass is 9.96. The van der Waals surface area contributed by atoms with E-state index in [2.05, 4.69) is 14.8 Å². The summed E-state index contributed by atoms with van der Waals surface area (Å²) in [5, 5.41) is 11.5. The van der Waals surface area contributed by atoms with E-state index >= 15 is 0 Å². The second kappa shape index (κ2) is 9.12. The molecule has 7 heteroatoms. The Balaban J connectivity index is 1.72. The lowest BCUT2D eigenvalue weighted by Gasteiger charge is -2.40. The molecule has 0 radical (unpaired) electrons. The first-order valence-corrected chi connectivity index (χ1v) is 11.0. The Hall–Kier alpha value is -2.83. The van der Waals surface area contributed by atoms with E-state index in [1.165, 1.54) is 0 Å². The predicted octanol–water partition coefficient (Wildman–Crippen LogP) is 3.84. The second-order valence-corrected chi connectivity index (χ2v) is 8.24. The average molecular weight is 439 g/mol. The largest absolute Gasteiger partial charge is 0.507 e. The molecule has 31 heavy (non-hydrogen) atoms. The van der Waals surface area contributed by atoms with Gasteiger partial charge >= 0.3 is 0 Å². The van der Waals surface area contributed by atoms with E-state index in [4.69, 9.17) is 11.6 Å². The molecule has 1 aliphatic heterocycles. The van der Waals surface area contributed by atoms with Gasteiger partial charge in [-0.05, 0) is 49.7 Å². The molecule has 0 bridgehead atoms. The van der Waals surface area contributed by atoms with Crippen molar-refractivity contribution in [3.8, 4) is 5.75 Å². The molecule has 0 aliphatic carbocycles. The van der Waals surface area contributed by atoms with Gasteiger partial charge in [-0.25, -0.2) is 4.98 Å². The average Bonchev–Trinajstić information content (AvgIpc) is 2.78. The van der Waals surface area contributed by atoms with Crippen LogP contribution in [0.15, 0.2) is 59.5 Å². The monoisotopic (exact) mass is 438 g/mol. The minimum Gasteiger partial charge on any atom is -0.507 e. The number of anilines is 1. The highest BCUT2D eigenvalue weighted by atomic mass is 35.5. The summed E-state index contributed by atoms with van der Waals surface area (Å²) >= 11 is 6.12. The first-order chi connectivity index (χ1) is 15.0. The van der Waals surface area contributed by atoms with E-state index in [0.29, 0.717) is 17.1 Å². The summed E-state index contributed by atoms with van der Waals surface area (Å²) in [5.41, 5.74) is 1.96. The summed E-state index contributed by atoms with van der Waals surface area (Å²) < 4.78 is 1.71. The van der Waals surface area contributed by atoms with Crippen LogP contribution >= 0.6 is 11.6 Å². The molecule has 1 aliphatic rings. The van der Waals surface area contributed by atoms with Crippen LogP contribution in [0.1, 0.15) is 29.8 Å². The number of benzene rings is 1. The fourth-order valence-electron chi connectivity index (χ4n) is 4.37. The van der Waals surface area contributed by atoms with E-state index < -0.39 is 0 Å². The van der Waals surface area contributed by atoms with Crippen molar-refractivity contribution in [3.05, 3.63) is 86.9 Å². The number of piperazine rings is 1. The zero-order chi connectivity index (χ0) is 22.0. The molecule has 3 heterocycles. The summed E-state index contributed by atoms with van der Waals surface area (Å²) in [6.45, 7) is 7.39. The minimum absolute atomic E-state index is 0.0410. The highest BCUT2D eigenvalue weighted by molar-refractivity contribution is 6.30. The first-order valence-electron chi connectivity index (χ1n) is 10.6. The minimum atomic E-state index is -0.353. The quantitative estimate of drug-likeness (QED) is 0.655. The van der Waals surface area contributed by atoms with Gasteiger partial charge < -0.3 is 14.6 Å². The normalized spacial score (nSPS) is 15.8. The number of aromatic hydroxyl groups is 1. The molecule has 0 saturated carbocycles. The second-order valence-electron chi connectivity index (χ2n) is 7.80. The number of aryl methyl sites for hydroxylation is 1. The number of aromatic nitrogens is 2. The van der Waals surface area contributed by atoms with Crippen LogP contribution in [-0.2, 0) is 6.54 Å². The van der Waals surface area contributed by atoms with Gasteiger partial charge in [-0.2, -0.15) is 0 Å². The molecule has 0 amide bonds. The van der Waals surface area contributed by atoms with Crippen LogP contribution in [0.5, 0.6) is 5.75 Å². The zero-order valence-corrected chi connectivity index (χ0v) is 18.6. The van der Waals surface area contributed by atoms with Crippen molar-refractivity contribution in [2.24, 2.45) is 0 Å². The van der Waals surface area contributed by atoms with Crippen LogP contribution in [-0.4, -0.2) is 45.7 Å². The molecule has 1 aromatic carbocycles. The Bertz CT molecular complexity index is 1090. The van der Waals surface area contributed by atoms with E-state index in [1.54, 1.807) is 16.8 Å². The number of hydrogen-bond donors (Lipinski definition) is 1. The Morgan fingerprint density at radius 1 is 1.10 bits per heavy atom. The fraction of sp³-hybridized carbons (Fsp3) is 0.333. The molecular formula is C24H27ClN4O2. The summed E-state index contributed by atoms with van der Waals surface area (Å²) in [4.78, 5) is 22.3. The summed E-state index contributed by atoms with van der Waals surface area (Å²) in [6.07, 6.45) is 1.80. The van der Waals surface area contributed by atoms with Crippen molar-refractivity contribution in [1.82, 2.24) is 14.5 Å². The van der Waals surface area contributed by atoms with Crippen LogP contribution < -0.4 is 10.5 Å². The molecular weight excluding hydrogens is 412 g/mol. The number of hydrogen-bond acceptors (Lipinski definition) is 5. The standard InChI is InChI=1S/C24H27ClN4O2/c1-3-29-17(2)16-20(30)22(24(29)31)23(18-7-9-19(25)10-8-18)28-14-12-27(13-15-28)21-6-4-5-11-26-21/h4-11,16,23,30H,3,12-15H2,1-2H3/t23-/m0/s1. The molecule has 0 spiro atoms. The summed E-state index contributed by atoms with van der Waals surface area (Å²) in [5.74, 6) is 0.996. The number of rotatable bonds is 5. The highest BCUT2D eigenvalue weighted by Crippen LogP contribution is 2.34. The van der Waals surface area contributed by atoms with E-state index in [9.17, 15) is 9.90 Å². The highest BCUT2D eigenvalue weighted by Gasteiger charge is 2.31. The van der Waals surface area contributed by atoms with Gasteiger partial charge in [0.15, 0.2) is 0 Å². The number of nitrogens with zero attached hydrogens (tertiary/aromatic N) is 4. The maximum absolute atomic E-state index is 13.4. The van der Waals surface area contributed by atoms with E-state index in [0.717, 1.165) is 43.3 Å². The van der Waals surface area contributed by atoms with Crippen molar-refractivity contribution >= 4 is 17.4 Å². The Morgan fingerprint density at radius 3 is 2.42 bits per heavy atom. The van der Waals surface area contributed by atoms with Gasteiger partial charge in [-0.3, -0.25) is 9.69 Å². The Morgan fingerprint density at radius 2 is 1.81 bits per heavy atom. The van der Waals surface area contributed by atoms with Crippen LogP contribution in [0.2, 0.25) is 5.02 Å². The molecule has 2 aromatic heterocycles. The zero-order valence-electron chi connectivity index (χ0n) is 17.8. The van der Waals surface area contributed by atoms with Gasteiger partial charge in [0, 0.05) is 49.6 Å². The SMILES string of the molecule is CCn1c(C)cc(O)c([C@H](c2ccc(Cl)cc2)N2CCN(c3ccccn3)CC2)c1=O. The van der Waals surface area contributed by atoms with Crippen LogP contribution in [0.4, 0.5) is 5.82 Å². The summed E-state index contributed by atoms with van der Waals surface area (Å²) in [7, 11) is 0. The van der Waals surface area contributed by atoms with Gasteiger partial charge in [0.2, 0.25) is 0 Å². The van der Waals surface area contributed by atoms with Crippen molar-refractivity contribution in [1.29, 1.82) is 0 Å². The van der Waals surface area contributed by atoms with Crippen LogP contribution in [0.25, 0.3) is 0 Å². The van der Waals surface area contributed by atoms with E-state index in [1.807, 2.05) is 56.3 Å². The third kappa shape index (κ3) is 4.31. The third-order valence-electron chi connectivity index (χ3n) is 5.95. The smallest absolute Gasteiger partial charge is 0.259 e. The molecule has 1 saturated heterocycles. The molecule has 1 N–H and O–H groups in total. The lowest BCUT2D eigenvalue weighted by molar-refractivity contribution is 0.207. The molecule has 0 unspecified atom stereocenters.